The van der Waals surface area contributed by atoms with Crippen molar-refractivity contribution in [3.63, 3.8) is 0 Å². The Kier molecular flexibility index (Phi) is 5.33. The monoisotopic (exact) mass is 473 g/mol. The Morgan fingerprint density at radius 2 is 1.19 bits per heavy atom. The fourth-order valence-electron chi connectivity index (χ4n) is 5.82. The summed E-state index contributed by atoms with van der Waals surface area (Å²) in [5.41, 5.74) is 6.26. The van der Waals surface area contributed by atoms with Crippen LogP contribution in [0.3, 0.4) is 0 Å². The number of fused-ring (bicyclic) bond motifs is 5. The third-order valence-electron chi connectivity index (χ3n) is 7.46. The smallest absolute Gasteiger partial charge is 0.0543 e. The lowest BCUT2D eigenvalue weighted by Gasteiger charge is -2.30. The molecule has 6 aromatic carbocycles. The molecule has 0 aromatic heterocycles. The molecule has 0 radical (unpaired) electrons. The van der Waals surface area contributed by atoms with Crippen LogP contribution in [0.25, 0.3) is 43.4 Å². The lowest BCUT2D eigenvalue weighted by atomic mass is 9.90. The summed E-state index contributed by atoms with van der Waals surface area (Å²) in [6.07, 6.45) is 8.79. The van der Waals surface area contributed by atoms with Crippen molar-refractivity contribution in [3.05, 3.63) is 145 Å². The Labute approximate surface area is 217 Å². The van der Waals surface area contributed by atoms with E-state index in [9.17, 15) is 0 Å². The van der Waals surface area contributed by atoms with Crippen LogP contribution in [0.5, 0.6) is 0 Å². The van der Waals surface area contributed by atoms with Gasteiger partial charge in [-0.2, -0.15) is 0 Å². The molecule has 0 fully saturated rings. The van der Waals surface area contributed by atoms with Crippen molar-refractivity contribution in [2.24, 2.45) is 0 Å². The number of benzene rings is 6. The topological polar surface area (TPSA) is 3.24 Å². The SMILES string of the molecule is C1=CCCC(N(c2ccccc2)c2cc3cc(-c4ccccc4)c4ccccc4c3c3ccccc23)=C1. The highest BCUT2D eigenvalue weighted by Crippen LogP contribution is 2.44. The van der Waals surface area contributed by atoms with Gasteiger partial charge in [-0.15, -0.1) is 0 Å². The molecule has 0 aliphatic heterocycles. The Balaban J connectivity index is 1.61. The number of anilines is 2. The number of nitrogens with zero attached hydrogens (tertiary/aromatic N) is 1. The van der Waals surface area contributed by atoms with Gasteiger partial charge >= 0.3 is 0 Å². The molecule has 1 nitrogen and oxygen atoms in total. The normalized spacial score (nSPS) is 13.2. The van der Waals surface area contributed by atoms with E-state index in [1.54, 1.807) is 0 Å². The second kappa shape index (κ2) is 9.11. The highest BCUT2D eigenvalue weighted by Gasteiger charge is 2.20. The van der Waals surface area contributed by atoms with Crippen LogP contribution in [-0.2, 0) is 0 Å². The molecule has 0 saturated carbocycles. The van der Waals surface area contributed by atoms with Gasteiger partial charge in [-0.25, -0.2) is 0 Å². The molecule has 0 amide bonds. The van der Waals surface area contributed by atoms with E-state index in [1.807, 2.05) is 0 Å². The molecule has 0 heterocycles. The van der Waals surface area contributed by atoms with Crippen LogP contribution in [0, 0.1) is 0 Å². The molecule has 0 N–H and O–H groups in total. The fraction of sp³-hybridized carbons (Fsp3) is 0.0556. The molecule has 1 aliphatic rings. The number of hydrogen-bond acceptors (Lipinski definition) is 1. The first-order valence-corrected chi connectivity index (χ1v) is 13.0. The van der Waals surface area contributed by atoms with Crippen molar-refractivity contribution in [3.8, 4) is 11.1 Å². The molecule has 0 bridgehead atoms. The van der Waals surface area contributed by atoms with Crippen molar-refractivity contribution < 1.29 is 0 Å². The van der Waals surface area contributed by atoms with E-state index in [4.69, 9.17) is 0 Å². The van der Waals surface area contributed by atoms with Gasteiger partial charge in [-0.1, -0.05) is 109 Å². The maximum Gasteiger partial charge on any atom is 0.0543 e. The van der Waals surface area contributed by atoms with Gasteiger partial charge in [0, 0.05) is 16.8 Å². The lowest BCUT2D eigenvalue weighted by molar-refractivity contribution is 0.919. The van der Waals surface area contributed by atoms with Gasteiger partial charge < -0.3 is 4.90 Å². The van der Waals surface area contributed by atoms with E-state index < -0.39 is 0 Å². The third-order valence-corrected chi connectivity index (χ3v) is 7.46. The first-order valence-electron chi connectivity index (χ1n) is 13.0. The minimum atomic E-state index is 1.02. The summed E-state index contributed by atoms with van der Waals surface area (Å²) in [5, 5.41) is 7.73. The number of para-hydroxylation sites is 1. The fourth-order valence-corrected chi connectivity index (χ4v) is 5.82. The average molecular weight is 474 g/mol. The van der Waals surface area contributed by atoms with E-state index in [-0.39, 0.29) is 0 Å². The average Bonchev–Trinajstić information content (AvgIpc) is 2.98. The van der Waals surface area contributed by atoms with Crippen LogP contribution in [-0.4, -0.2) is 0 Å². The van der Waals surface area contributed by atoms with E-state index >= 15 is 0 Å². The van der Waals surface area contributed by atoms with Gasteiger partial charge in [0.2, 0.25) is 0 Å². The molecule has 0 saturated heterocycles. The Morgan fingerprint density at radius 1 is 0.568 bits per heavy atom. The molecular weight excluding hydrogens is 446 g/mol. The van der Waals surface area contributed by atoms with E-state index in [0.29, 0.717) is 0 Å². The summed E-state index contributed by atoms with van der Waals surface area (Å²) >= 11 is 0. The zero-order chi connectivity index (χ0) is 24.6. The third kappa shape index (κ3) is 3.72. The highest BCUT2D eigenvalue weighted by molar-refractivity contribution is 6.25. The molecule has 1 heteroatoms. The standard InChI is InChI=1S/C36H27N/c1-4-14-26(15-5-1)34-24-27-25-35(37(28-16-6-2-7-17-28)29-18-8-3-9-19-29)31-21-11-13-23-33(31)36(27)32-22-12-10-20-30(32)34/h1-8,10-18,20-25H,9,19H2. The van der Waals surface area contributed by atoms with Crippen molar-refractivity contribution in [1.29, 1.82) is 0 Å². The molecule has 37 heavy (non-hydrogen) atoms. The summed E-state index contributed by atoms with van der Waals surface area (Å²) in [7, 11) is 0. The molecule has 0 atom stereocenters. The van der Waals surface area contributed by atoms with Crippen LogP contribution < -0.4 is 4.90 Å². The van der Waals surface area contributed by atoms with Crippen LogP contribution in [0.2, 0.25) is 0 Å². The second-order valence-electron chi connectivity index (χ2n) is 9.67. The lowest BCUT2D eigenvalue weighted by Crippen LogP contribution is -2.17. The summed E-state index contributed by atoms with van der Waals surface area (Å²) < 4.78 is 0. The number of allylic oxidation sites excluding steroid dienone is 4. The van der Waals surface area contributed by atoms with Gasteiger partial charge in [0.25, 0.3) is 0 Å². The van der Waals surface area contributed by atoms with Gasteiger partial charge in [0.05, 0.1) is 5.69 Å². The molecule has 0 unspecified atom stereocenters. The Bertz CT molecular complexity index is 1810. The molecule has 176 valence electrons. The molecular formula is C36H27N. The predicted molar refractivity (Wildman–Crippen MR) is 159 cm³/mol. The van der Waals surface area contributed by atoms with Crippen LogP contribution in [0.1, 0.15) is 12.8 Å². The summed E-state index contributed by atoms with van der Waals surface area (Å²) in [6.45, 7) is 0. The van der Waals surface area contributed by atoms with Crippen LogP contribution in [0.15, 0.2) is 145 Å². The second-order valence-corrected chi connectivity index (χ2v) is 9.67. The quantitative estimate of drug-likeness (QED) is 0.230. The number of hydrogen-bond donors (Lipinski definition) is 0. The molecule has 1 aliphatic carbocycles. The van der Waals surface area contributed by atoms with Gasteiger partial charge in [-0.3, -0.25) is 0 Å². The van der Waals surface area contributed by atoms with Crippen molar-refractivity contribution in [2.45, 2.75) is 12.8 Å². The summed E-state index contributed by atoms with van der Waals surface area (Å²) in [5.74, 6) is 0. The van der Waals surface area contributed by atoms with Crippen molar-refractivity contribution in [2.75, 3.05) is 4.90 Å². The van der Waals surface area contributed by atoms with Gasteiger partial charge in [0.1, 0.15) is 0 Å². The zero-order valence-electron chi connectivity index (χ0n) is 20.6. The molecule has 0 spiro atoms. The molecule has 7 rings (SSSR count). The summed E-state index contributed by atoms with van der Waals surface area (Å²) in [6, 6.07) is 44.1. The zero-order valence-corrected chi connectivity index (χ0v) is 20.6. The van der Waals surface area contributed by atoms with Crippen LogP contribution >= 0.6 is 0 Å². The predicted octanol–water partition coefficient (Wildman–Crippen LogP) is 10.2. The van der Waals surface area contributed by atoms with Gasteiger partial charge in [0.15, 0.2) is 0 Å². The van der Waals surface area contributed by atoms with E-state index in [1.165, 1.54) is 60.5 Å². The van der Waals surface area contributed by atoms with Crippen molar-refractivity contribution >= 4 is 43.7 Å². The van der Waals surface area contributed by atoms with E-state index in [2.05, 4.69) is 144 Å². The van der Waals surface area contributed by atoms with Crippen molar-refractivity contribution in [1.82, 2.24) is 0 Å². The largest absolute Gasteiger partial charge is 0.314 e. The number of rotatable bonds is 4. The van der Waals surface area contributed by atoms with Gasteiger partial charge in [-0.05, 0) is 81.2 Å². The van der Waals surface area contributed by atoms with Crippen LogP contribution in [0.4, 0.5) is 11.4 Å². The first-order chi connectivity index (χ1) is 18.4. The Morgan fingerprint density at radius 3 is 1.89 bits per heavy atom. The minimum absolute atomic E-state index is 1.02. The highest BCUT2D eigenvalue weighted by atomic mass is 15.1. The first kappa shape index (κ1) is 21.6. The summed E-state index contributed by atoms with van der Waals surface area (Å²) in [4.78, 5) is 2.46. The Hall–Kier alpha value is -4.62. The maximum atomic E-state index is 2.46. The molecule has 6 aromatic rings. The maximum absolute atomic E-state index is 2.46. The van der Waals surface area contributed by atoms with E-state index in [0.717, 1.165) is 12.8 Å². The minimum Gasteiger partial charge on any atom is -0.314 e.